The summed E-state index contributed by atoms with van der Waals surface area (Å²) < 4.78 is 3.11. The molecular weight excluding hydrogens is 472 g/mol. The molecule has 2 aliphatic rings. The molecule has 5 rings (SSSR count). The van der Waals surface area contributed by atoms with E-state index in [1.807, 2.05) is 25.5 Å². The lowest BCUT2D eigenvalue weighted by Crippen LogP contribution is -2.44. The number of piperidine rings is 1. The number of aryl methyl sites for hydroxylation is 1. The molecule has 0 amide bonds. The first-order chi connectivity index (χ1) is 14.8. The van der Waals surface area contributed by atoms with Crippen molar-refractivity contribution >= 4 is 39.5 Å². The highest BCUT2D eigenvalue weighted by Crippen LogP contribution is 2.56. The van der Waals surface area contributed by atoms with Crippen molar-refractivity contribution < 1.29 is 0 Å². The van der Waals surface area contributed by atoms with Gasteiger partial charge in [0.1, 0.15) is 0 Å². The molecule has 6 nitrogen and oxygen atoms in total. The predicted octanol–water partition coefficient (Wildman–Crippen LogP) is 4.90. The summed E-state index contributed by atoms with van der Waals surface area (Å²) in [6, 6.07) is 4.38. The first-order valence-electron chi connectivity index (χ1n) is 10.9. The molecule has 0 unspecified atom stereocenters. The van der Waals surface area contributed by atoms with Crippen LogP contribution in [0.4, 0.5) is 5.95 Å². The van der Waals surface area contributed by atoms with E-state index in [-0.39, 0.29) is 10.2 Å². The van der Waals surface area contributed by atoms with Crippen LogP contribution in [0.2, 0.25) is 0 Å². The van der Waals surface area contributed by atoms with E-state index in [0.29, 0.717) is 5.92 Å². The molecule has 2 N–H and O–H groups in total. The number of nitrogens with two attached hydrogens (primary N) is 1. The van der Waals surface area contributed by atoms with Crippen LogP contribution in [-0.2, 0) is 6.42 Å². The fourth-order valence-electron chi connectivity index (χ4n) is 5.51. The van der Waals surface area contributed by atoms with Gasteiger partial charge in [-0.25, -0.2) is 9.97 Å². The minimum absolute atomic E-state index is 0.0413. The van der Waals surface area contributed by atoms with Crippen molar-refractivity contribution in [3.8, 4) is 0 Å². The molecule has 3 aromatic heterocycles. The molecule has 8 heteroatoms. The van der Waals surface area contributed by atoms with Crippen LogP contribution in [0.25, 0.3) is 5.65 Å². The zero-order chi connectivity index (χ0) is 21.8. The molecule has 0 bridgehead atoms. The Hall–Kier alpha value is -1.64. The molecule has 1 aliphatic carbocycles. The second-order valence-corrected chi connectivity index (χ2v) is 11.8. The van der Waals surface area contributed by atoms with Gasteiger partial charge in [0.05, 0.1) is 10.2 Å². The Balaban J connectivity index is 1.45. The van der Waals surface area contributed by atoms with Gasteiger partial charge in [0.2, 0.25) is 5.95 Å². The summed E-state index contributed by atoms with van der Waals surface area (Å²) >= 11 is 5.13. The summed E-state index contributed by atoms with van der Waals surface area (Å²) in [5.41, 5.74) is 4.88. The minimum atomic E-state index is 0.0413. The summed E-state index contributed by atoms with van der Waals surface area (Å²) in [6.07, 6.45) is 10.2. The molecule has 3 aromatic rings. The van der Waals surface area contributed by atoms with Crippen LogP contribution in [0.3, 0.4) is 0 Å². The van der Waals surface area contributed by atoms with E-state index in [1.54, 1.807) is 0 Å². The summed E-state index contributed by atoms with van der Waals surface area (Å²) in [7, 11) is 0. The number of imidazole rings is 1. The number of hydrogen-bond acceptors (Lipinski definition) is 6. The number of rotatable bonds is 4. The van der Waals surface area contributed by atoms with E-state index in [0.717, 1.165) is 60.5 Å². The van der Waals surface area contributed by atoms with Gasteiger partial charge < -0.3 is 4.90 Å². The maximum Gasteiger partial charge on any atom is 0.211 e. The van der Waals surface area contributed by atoms with E-state index >= 15 is 0 Å². The van der Waals surface area contributed by atoms with Crippen molar-refractivity contribution in [2.24, 2.45) is 10.6 Å². The first-order valence-corrected chi connectivity index (χ1v) is 12.6. The highest BCUT2D eigenvalue weighted by Gasteiger charge is 2.49. The van der Waals surface area contributed by atoms with Crippen molar-refractivity contribution in [1.29, 1.82) is 0 Å². The number of anilines is 1. The smallest absolute Gasteiger partial charge is 0.211 e. The van der Waals surface area contributed by atoms with Crippen molar-refractivity contribution in [3.05, 3.63) is 52.1 Å². The van der Waals surface area contributed by atoms with Crippen LogP contribution >= 0.6 is 27.9 Å². The second kappa shape index (κ2) is 7.74. The number of hydrogen-bond donors (Lipinski definition) is 1. The predicted molar refractivity (Wildman–Crippen MR) is 130 cm³/mol. The zero-order valence-electron chi connectivity index (χ0n) is 18.3. The van der Waals surface area contributed by atoms with Gasteiger partial charge in [-0.2, -0.15) is 0 Å². The van der Waals surface area contributed by atoms with Gasteiger partial charge in [-0.3, -0.25) is 14.5 Å². The molecule has 1 atom stereocenters. The SMILES string of the molecule is Cc1nc(N2CCC3(CC2)Cc2ncccc2[C@H]3CC(C)(C)SN)n2ccnc2c1Br. The maximum atomic E-state index is 6.06. The number of fused-ring (bicyclic) bond motifs is 2. The Morgan fingerprint density at radius 1 is 1.26 bits per heavy atom. The molecule has 1 spiro atoms. The Labute approximate surface area is 196 Å². The second-order valence-electron chi connectivity index (χ2n) is 9.63. The lowest BCUT2D eigenvalue weighted by Gasteiger charge is -2.45. The monoisotopic (exact) mass is 500 g/mol. The molecule has 4 heterocycles. The van der Waals surface area contributed by atoms with Crippen LogP contribution in [0.5, 0.6) is 0 Å². The summed E-state index contributed by atoms with van der Waals surface area (Å²) in [6.45, 7) is 8.54. The highest BCUT2D eigenvalue weighted by molar-refractivity contribution is 9.10. The Kier molecular flexibility index (Phi) is 5.30. The van der Waals surface area contributed by atoms with Crippen molar-refractivity contribution in [3.63, 3.8) is 0 Å². The summed E-state index contributed by atoms with van der Waals surface area (Å²) in [4.78, 5) is 16.6. The topological polar surface area (TPSA) is 72.3 Å². The molecule has 0 saturated carbocycles. The molecular formula is C23H29BrN6S. The molecule has 1 fully saturated rings. The summed E-state index contributed by atoms with van der Waals surface area (Å²) in [5, 5.41) is 6.06. The molecule has 164 valence electrons. The van der Waals surface area contributed by atoms with E-state index < -0.39 is 0 Å². The van der Waals surface area contributed by atoms with E-state index in [9.17, 15) is 0 Å². The van der Waals surface area contributed by atoms with E-state index in [4.69, 9.17) is 15.1 Å². The lowest BCUT2D eigenvalue weighted by molar-refractivity contribution is 0.170. The van der Waals surface area contributed by atoms with Gasteiger partial charge in [-0.15, -0.1) is 0 Å². The van der Waals surface area contributed by atoms with Crippen LogP contribution in [0, 0.1) is 12.3 Å². The molecule has 1 aliphatic heterocycles. The van der Waals surface area contributed by atoms with Gasteiger partial charge in [0.15, 0.2) is 5.65 Å². The van der Waals surface area contributed by atoms with Crippen molar-refractivity contribution in [2.45, 2.75) is 57.1 Å². The average Bonchev–Trinajstić information content (AvgIpc) is 3.36. The minimum Gasteiger partial charge on any atom is -0.342 e. The zero-order valence-corrected chi connectivity index (χ0v) is 20.7. The fraction of sp³-hybridized carbons (Fsp3) is 0.522. The lowest BCUT2D eigenvalue weighted by atomic mass is 9.67. The van der Waals surface area contributed by atoms with Crippen molar-refractivity contribution in [1.82, 2.24) is 19.4 Å². The van der Waals surface area contributed by atoms with Gasteiger partial charge >= 0.3 is 0 Å². The number of nitrogens with zero attached hydrogens (tertiary/aromatic N) is 5. The molecule has 0 radical (unpaired) electrons. The van der Waals surface area contributed by atoms with Gasteiger partial charge in [-0.05, 0) is 85.3 Å². The highest BCUT2D eigenvalue weighted by atomic mass is 79.9. The normalized spacial score (nSPS) is 20.5. The van der Waals surface area contributed by atoms with Gasteiger partial charge in [-0.1, -0.05) is 18.0 Å². The fourth-order valence-corrected chi connectivity index (χ4v) is 6.16. The van der Waals surface area contributed by atoms with E-state index in [2.05, 4.69) is 56.2 Å². The Morgan fingerprint density at radius 2 is 2.03 bits per heavy atom. The Bertz CT molecular complexity index is 1120. The van der Waals surface area contributed by atoms with E-state index in [1.165, 1.54) is 23.2 Å². The maximum absolute atomic E-state index is 6.06. The standard InChI is InChI=1S/C23H29BrN6S/c1-15-19(24)20-27-9-12-30(20)21(28-15)29-10-6-23(7-11-29)14-18-16(5-4-8-26-18)17(23)13-22(2,3)31-25/h4-5,8-9,12,17H,6-7,10-11,13-14,25H2,1-3H3/t17-/m1/s1. The third-order valence-electron chi connectivity index (χ3n) is 7.25. The first kappa shape index (κ1) is 21.2. The number of halogens is 1. The quantitative estimate of drug-likeness (QED) is 0.513. The third kappa shape index (κ3) is 3.56. The van der Waals surface area contributed by atoms with Crippen molar-refractivity contribution in [2.75, 3.05) is 18.0 Å². The van der Waals surface area contributed by atoms with Crippen LogP contribution in [0.1, 0.15) is 56.0 Å². The molecule has 1 saturated heterocycles. The molecule has 0 aromatic carbocycles. The van der Waals surface area contributed by atoms with Crippen LogP contribution in [0.15, 0.2) is 35.2 Å². The van der Waals surface area contributed by atoms with Gasteiger partial charge in [0.25, 0.3) is 0 Å². The third-order valence-corrected chi connectivity index (χ3v) is 8.99. The largest absolute Gasteiger partial charge is 0.342 e. The number of aromatic nitrogens is 4. The number of pyridine rings is 1. The van der Waals surface area contributed by atoms with Crippen LogP contribution in [-0.4, -0.2) is 37.2 Å². The average molecular weight is 501 g/mol. The van der Waals surface area contributed by atoms with Gasteiger partial charge in [0, 0.05) is 42.1 Å². The van der Waals surface area contributed by atoms with Crippen LogP contribution < -0.4 is 10.0 Å². The molecule has 31 heavy (non-hydrogen) atoms. The summed E-state index contributed by atoms with van der Waals surface area (Å²) in [5.74, 6) is 1.49. The Morgan fingerprint density at radius 3 is 2.77 bits per heavy atom.